The maximum atomic E-state index is 11.7. The van der Waals surface area contributed by atoms with Crippen molar-refractivity contribution in [3.63, 3.8) is 0 Å². The lowest BCUT2D eigenvalue weighted by atomic mass is 10.2. The van der Waals surface area contributed by atoms with Gasteiger partial charge in [0.15, 0.2) is 0 Å². The summed E-state index contributed by atoms with van der Waals surface area (Å²) in [6.07, 6.45) is 1.73. The van der Waals surface area contributed by atoms with Gasteiger partial charge in [-0.25, -0.2) is 13.9 Å². The summed E-state index contributed by atoms with van der Waals surface area (Å²) in [5.74, 6) is -2.16. The van der Waals surface area contributed by atoms with Gasteiger partial charge in [-0.05, 0) is 13.0 Å². The zero-order valence-electron chi connectivity index (χ0n) is 15.1. The summed E-state index contributed by atoms with van der Waals surface area (Å²) in [6.45, 7) is 2.55. The van der Waals surface area contributed by atoms with Gasteiger partial charge in [0.1, 0.15) is 0 Å². The van der Waals surface area contributed by atoms with E-state index in [1.165, 1.54) is 24.3 Å². The lowest BCUT2D eigenvalue weighted by molar-refractivity contribution is -0.673. The number of carboxylic acids is 1. The number of carboxylic acid groups (broad SMARTS) is 1. The summed E-state index contributed by atoms with van der Waals surface area (Å²) >= 11 is 0. The number of para-hydroxylation sites is 1. The number of benzene rings is 1. The molecule has 3 N–H and O–H groups in total. The Bertz CT molecular complexity index is 813. The zero-order chi connectivity index (χ0) is 19.9. The van der Waals surface area contributed by atoms with Crippen molar-refractivity contribution in [2.75, 3.05) is 14.1 Å². The number of nitrogens with one attached hydrogen (secondary N) is 2. The van der Waals surface area contributed by atoms with Crippen molar-refractivity contribution in [3.8, 4) is 5.75 Å². The van der Waals surface area contributed by atoms with Gasteiger partial charge in [-0.15, -0.1) is 0 Å². The quantitative estimate of drug-likeness (QED) is 0.633. The molecule has 0 aliphatic carbocycles. The number of nitrogens with zero attached hydrogens (tertiary/aromatic N) is 2. The van der Waals surface area contributed by atoms with Crippen LogP contribution < -0.4 is 20.3 Å². The van der Waals surface area contributed by atoms with E-state index in [0.29, 0.717) is 17.9 Å². The Kier molecular flexibility index (Phi) is 7.33. The van der Waals surface area contributed by atoms with Crippen molar-refractivity contribution in [2.24, 2.45) is 7.05 Å². The number of hydrogen-bond acceptors (Lipinski definition) is 4. The molecule has 2 amide bonds. The number of aryl methyl sites for hydroxylation is 2. The fraction of sp³-hybridized carbons (Fsp3) is 0.294. The smallest absolute Gasteiger partial charge is 0.335 e. The standard InChI is InChI=1S/C10H16N4O2.C7H6O3/c1-5-14-6-13(4)7(9(15)11-2)8(14)10(16)12-3;8-6-4-2-1-3-5(6)7(9)10/h6H,5H2,1-4H3,(H-,11,12,15,16);1-4,8H,(H,9,10). The number of aromatic nitrogens is 2. The maximum Gasteiger partial charge on any atom is 0.335 e. The highest BCUT2D eigenvalue weighted by Crippen LogP contribution is 2.11. The van der Waals surface area contributed by atoms with Crippen molar-refractivity contribution in [2.45, 2.75) is 13.5 Å². The Morgan fingerprint density at radius 2 is 1.73 bits per heavy atom. The van der Waals surface area contributed by atoms with Gasteiger partial charge < -0.3 is 20.8 Å². The van der Waals surface area contributed by atoms with Crippen molar-refractivity contribution in [3.05, 3.63) is 47.5 Å². The van der Waals surface area contributed by atoms with Gasteiger partial charge in [0, 0.05) is 14.1 Å². The maximum absolute atomic E-state index is 11.7. The molecular formula is C17H22N4O5. The third kappa shape index (κ3) is 4.59. The first-order chi connectivity index (χ1) is 12.3. The molecule has 0 saturated heterocycles. The highest BCUT2D eigenvalue weighted by molar-refractivity contribution is 6.03. The number of imidazole rings is 1. The molecule has 1 aromatic heterocycles. The van der Waals surface area contributed by atoms with Crippen LogP contribution in [-0.4, -0.2) is 41.6 Å². The van der Waals surface area contributed by atoms with Crippen molar-refractivity contribution in [1.82, 2.24) is 15.2 Å². The fourth-order valence-corrected chi connectivity index (χ4v) is 2.25. The molecule has 0 spiro atoms. The van der Waals surface area contributed by atoms with Crippen LogP contribution in [0.4, 0.5) is 0 Å². The Morgan fingerprint density at radius 3 is 2.15 bits per heavy atom. The van der Waals surface area contributed by atoms with E-state index < -0.39 is 11.7 Å². The summed E-state index contributed by atoms with van der Waals surface area (Å²) in [5, 5.41) is 24.1. The largest absolute Gasteiger partial charge is 0.872 e. The van der Waals surface area contributed by atoms with E-state index in [2.05, 4.69) is 10.6 Å². The zero-order valence-corrected chi connectivity index (χ0v) is 15.1. The molecule has 26 heavy (non-hydrogen) atoms. The molecule has 9 nitrogen and oxygen atoms in total. The molecule has 1 heterocycles. The molecular weight excluding hydrogens is 340 g/mol. The Morgan fingerprint density at radius 1 is 1.15 bits per heavy atom. The van der Waals surface area contributed by atoms with Crippen LogP contribution in [0.1, 0.15) is 38.3 Å². The van der Waals surface area contributed by atoms with Crippen LogP contribution in [0.25, 0.3) is 0 Å². The second kappa shape index (κ2) is 9.21. The summed E-state index contributed by atoms with van der Waals surface area (Å²) in [4.78, 5) is 33.6. The lowest BCUT2D eigenvalue weighted by Crippen LogP contribution is -2.39. The van der Waals surface area contributed by atoms with Gasteiger partial charge in [0.05, 0.1) is 19.2 Å². The third-order valence-electron chi connectivity index (χ3n) is 3.52. The van der Waals surface area contributed by atoms with Crippen LogP contribution >= 0.6 is 0 Å². The van der Waals surface area contributed by atoms with Gasteiger partial charge in [-0.2, -0.15) is 0 Å². The van der Waals surface area contributed by atoms with E-state index in [-0.39, 0.29) is 17.4 Å². The van der Waals surface area contributed by atoms with Crippen LogP contribution in [0.15, 0.2) is 30.6 Å². The number of amides is 2. The molecule has 2 aromatic rings. The average molecular weight is 362 g/mol. The molecule has 0 unspecified atom stereocenters. The molecule has 9 heteroatoms. The minimum atomic E-state index is -1.18. The lowest BCUT2D eigenvalue weighted by Gasteiger charge is -2.07. The second-order valence-electron chi connectivity index (χ2n) is 5.17. The molecule has 0 saturated carbocycles. The number of carbonyl (C=O) groups is 3. The van der Waals surface area contributed by atoms with Crippen LogP contribution in [0.5, 0.6) is 5.75 Å². The van der Waals surface area contributed by atoms with Gasteiger partial charge >= 0.3 is 5.97 Å². The van der Waals surface area contributed by atoms with Crippen LogP contribution in [0.2, 0.25) is 0 Å². The highest BCUT2D eigenvalue weighted by atomic mass is 16.4. The van der Waals surface area contributed by atoms with Crippen molar-refractivity contribution < 1.29 is 29.2 Å². The first-order valence-electron chi connectivity index (χ1n) is 7.80. The van der Waals surface area contributed by atoms with Crippen LogP contribution in [0.3, 0.4) is 0 Å². The SMILES string of the molecule is CCn1c[n+](C)c(C(=O)NC)c1C(=O)NC.O=C(O)c1ccccc1[O-]. The third-order valence-corrected chi connectivity index (χ3v) is 3.52. The normalized spacial score (nSPS) is 9.69. The predicted octanol–water partition coefficient (Wildman–Crippen LogP) is -0.490. The summed E-state index contributed by atoms with van der Waals surface area (Å²) in [6, 6.07) is 5.54. The average Bonchev–Trinajstić information content (AvgIpc) is 2.97. The molecule has 0 bridgehead atoms. The molecule has 0 aliphatic heterocycles. The molecule has 0 fully saturated rings. The number of rotatable bonds is 4. The van der Waals surface area contributed by atoms with E-state index in [0.717, 1.165) is 0 Å². The Balaban J connectivity index is 0.000000289. The van der Waals surface area contributed by atoms with E-state index in [1.807, 2.05) is 6.92 Å². The van der Waals surface area contributed by atoms with E-state index in [4.69, 9.17) is 5.11 Å². The van der Waals surface area contributed by atoms with E-state index in [9.17, 15) is 19.5 Å². The number of hydrogen-bond donors (Lipinski definition) is 3. The van der Waals surface area contributed by atoms with Gasteiger partial charge in [-0.1, -0.05) is 23.9 Å². The van der Waals surface area contributed by atoms with Gasteiger partial charge in [0.25, 0.3) is 11.8 Å². The molecule has 0 aliphatic rings. The Labute approximate surface area is 150 Å². The molecule has 0 radical (unpaired) electrons. The van der Waals surface area contributed by atoms with Crippen LogP contribution in [-0.2, 0) is 13.6 Å². The molecule has 140 valence electrons. The van der Waals surface area contributed by atoms with E-state index >= 15 is 0 Å². The van der Waals surface area contributed by atoms with Crippen molar-refractivity contribution in [1.29, 1.82) is 0 Å². The summed E-state index contributed by atoms with van der Waals surface area (Å²) in [7, 11) is 4.82. The van der Waals surface area contributed by atoms with E-state index in [1.54, 1.807) is 36.6 Å². The van der Waals surface area contributed by atoms with Crippen molar-refractivity contribution >= 4 is 17.8 Å². The topological polar surface area (TPSA) is 127 Å². The summed E-state index contributed by atoms with van der Waals surface area (Å²) < 4.78 is 3.39. The minimum absolute atomic E-state index is 0.178. The molecule has 0 atom stereocenters. The predicted molar refractivity (Wildman–Crippen MR) is 90.9 cm³/mol. The van der Waals surface area contributed by atoms with Crippen LogP contribution in [0, 0.1) is 0 Å². The highest BCUT2D eigenvalue weighted by Gasteiger charge is 2.30. The fourth-order valence-electron chi connectivity index (χ4n) is 2.25. The van der Waals surface area contributed by atoms with Gasteiger partial charge in [0.2, 0.25) is 17.7 Å². The Hall–Kier alpha value is -3.36. The summed E-state index contributed by atoms with van der Waals surface area (Å²) in [5.41, 5.74) is 0.568. The molecule has 2 rings (SSSR count). The first-order valence-corrected chi connectivity index (χ1v) is 7.80. The second-order valence-corrected chi connectivity index (χ2v) is 5.17. The van der Waals surface area contributed by atoms with Gasteiger partial charge in [-0.3, -0.25) is 9.59 Å². The minimum Gasteiger partial charge on any atom is -0.872 e. The monoisotopic (exact) mass is 362 g/mol. The number of aromatic carboxylic acids is 1. The first kappa shape index (κ1) is 20.7. The molecule has 1 aromatic carbocycles. The number of carbonyl (C=O) groups excluding carboxylic acids is 2.